The highest BCUT2D eigenvalue weighted by Crippen LogP contribution is 2.21. The van der Waals surface area contributed by atoms with Gasteiger partial charge in [-0.3, -0.25) is 28.8 Å². The molecular formula is C18H20Cl6O12. The van der Waals surface area contributed by atoms with Crippen molar-refractivity contribution in [2.45, 2.75) is 24.4 Å². The van der Waals surface area contributed by atoms with Gasteiger partial charge in [0.25, 0.3) is 0 Å². The lowest BCUT2D eigenvalue weighted by Crippen LogP contribution is -2.55. The molecule has 0 aromatic heterocycles. The smallest absolute Gasteiger partial charge is 0.321 e. The number of alkyl halides is 6. The lowest BCUT2D eigenvalue weighted by atomic mass is 10.0. The Morgan fingerprint density at radius 3 is 0.917 bits per heavy atom. The van der Waals surface area contributed by atoms with Crippen LogP contribution in [0.4, 0.5) is 0 Å². The minimum absolute atomic E-state index is 0.600. The molecule has 18 heteroatoms. The molecule has 0 N–H and O–H groups in total. The highest BCUT2D eigenvalue weighted by molar-refractivity contribution is 6.28. The lowest BCUT2D eigenvalue weighted by Gasteiger charge is -2.35. The summed E-state index contributed by atoms with van der Waals surface area (Å²) in [5, 5.41) is 0. The Balaban J connectivity index is 6.59. The molecule has 206 valence electrons. The van der Waals surface area contributed by atoms with E-state index in [0.717, 1.165) is 0 Å². The molecule has 0 aliphatic carbocycles. The maximum absolute atomic E-state index is 12.1. The highest BCUT2D eigenvalue weighted by atomic mass is 35.5. The number of rotatable bonds is 17. The molecule has 0 saturated heterocycles. The van der Waals surface area contributed by atoms with Crippen LogP contribution in [0.15, 0.2) is 0 Å². The van der Waals surface area contributed by atoms with Crippen molar-refractivity contribution in [3.8, 4) is 0 Å². The van der Waals surface area contributed by atoms with E-state index in [4.69, 9.17) is 98.0 Å². The van der Waals surface area contributed by atoms with Crippen LogP contribution in [0.5, 0.6) is 0 Å². The molecule has 0 saturated carbocycles. The van der Waals surface area contributed by atoms with Gasteiger partial charge >= 0.3 is 35.8 Å². The van der Waals surface area contributed by atoms with Crippen molar-refractivity contribution < 1.29 is 57.2 Å². The van der Waals surface area contributed by atoms with Gasteiger partial charge < -0.3 is 28.4 Å². The minimum Gasteiger partial charge on any atom is -0.461 e. The Bertz CT molecular complexity index is 705. The molecule has 0 aromatic carbocycles. The fraction of sp³-hybridized carbons (Fsp3) is 0.667. The summed E-state index contributed by atoms with van der Waals surface area (Å²) in [6.45, 7) is -1.61. The van der Waals surface area contributed by atoms with E-state index >= 15 is 0 Å². The van der Waals surface area contributed by atoms with Crippen LogP contribution in [0, 0.1) is 0 Å². The fourth-order valence-corrected chi connectivity index (χ4v) is 2.70. The Morgan fingerprint density at radius 2 is 0.667 bits per heavy atom. The van der Waals surface area contributed by atoms with Gasteiger partial charge in [-0.1, -0.05) is 0 Å². The first-order valence-corrected chi connectivity index (χ1v) is 12.7. The molecule has 0 heterocycles. The summed E-state index contributed by atoms with van der Waals surface area (Å²) in [6, 6.07) is 0. The zero-order chi connectivity index (χ0) is 27.7. The van der Waals surface area contributed by atoms with E-state index in [-0.39, 0.29) is 0 Å². The van der Waals surface area contributed by atoms with Crippen LogP contribution in [-0.4, -0.2) is 109 Å². The SMILES string of the molecule is O=C(CCl)OCC(OC(=O)CCl)C(OC(=O)CCl)C(OC(=O)CCl)C(COC(=O)CCl)OC(=O)CCl. The number of halogens is 6. The van der Waals surface area contributed by atoms with E-state index in [1.807, 2.05) is 0 Å². The fourth-order valence-electron chi connectivity index (χ4n) is 2.30. The molecule has 0 bridgehead atoms. The number of hydrogen-bond donors (Lipinski definition) is 0. The molecule has 0 rings (SSSR count). The number of carbonyl (C=O) groups is 6. The Kier molecular flexibility index (Phi) is 18.9. The third-order valence-corrected chi connectivity index (χ3v) is 4.94. The zero-order valence-electron chi connectivity index (χ0n) is 18.1. The molecule has 0 fully saturated rings. The summed E-state index contributed by atoms with van der Waals surface area (Å²) in [7, 11) is 0. The highest BCUT2D eigenvalue weighted by Gasteiger charge is 2.45. The summed E-state index contributed by atoms with van der Waals surface area (Å²) >= 11 is 32.7. The van der Waals surface area contributed by atoms with E-state index in [1.54, 1.807) is 0 Å². The van der Waals surface area contributed by atoms with Crippen LogP contribution < -0.4 is 0 Å². The zero-order valence-corrected chi connectivity index (χ0v) is 22.7. The molecule has 4 atom stereocenters. The van der Waals surface area contributed by atoms with Crippen molar-refractivity contribution in [1.29, 1.82) is 0 Å². The van der Waals surface area contributed by atoms with Gasteiger partial charge in [0.15, 0.2) is 24.4 Å². The Labute approximate surface area is 234 Å². The van der Waals surface area contributed by atoms with E-state index in [1.165, 1.54) is 0 Å². The predicted octanol–water partition coefficient (Wildman–Crippen LogP) is 1.15. The molecule has 12 nitrogen and oxygen atoms in total. The maximum Gasteiger partial charge on any atom is 0.321 e. The van der Waals surface area contributed by atoms with Gasteiger partial charge in [-0.15, -0.1) is 69.6 Å². The molecule has 0 radical (unpaired) electrons. The first-order valence-electron chi connectivity index (χ1n) is 9.51. The first kappa shape index (κ1) is 34.6. The van der Waals surface area contributed by atoms with Gasteiger partial charge in [0.2, 0.25) is 0 Å². The van der Waals surface area contributed by atoms with Gasteiger partial charge in [0.1, 0.15) is 48.5 Å². The largest absolute Gasteiger partial charge is 0.461 e. The standard InChI is InChI=1S/C18H20Cl6O12/c19-1-11(25)31-7-9(33-13(27)3-21)17(35-15(29)5-23)18(36-16(30)6-24)10(34-14(28)4-22)8-32-12(26)2-20/h9-10,17-18H,1-8H2. The first-order chi connectivity index (χ1) is 17.1. The molecule has 0 amide bonds. The molecule has 0 aliphatic heterocycles. The van der Waals surface area contributed by atoms with Crippen molar-refractivity contribution in [2.75, 3.05) is 48.5 Å². The topological polar surface area (TPSA) is 158 Å². The monoisotopic (exact) mass is 638 g/mol. The van der Waals surface area contributed by atoms with Crippen molar-refractivity contribution in [3.63, 3.8) is 0 Å². The number of hydrogen-bond acceptors (Lipinski definition) is 12. The van der Waals surface area contributed by atoms with Crippen LogP contribution in [-0.2, 0) is 57.2 Å². The van der Waals surface area contributed by atoms with Crippen LogP contribution in [0.25, 0.3) is 0 Å². The summed E-state index contributed by atoms with van der Waals surface area (Å²) in [5.74, 6) is -10.4. The summed E-state index contributed by atoms with van der Waals surface area (Å²) in [5.41, 5.74) is 0. The summed E-state index contributed by atoms with van der Waals surface area (Å²) < 4.78 is 30.3. The minimum atomic E-state index is -1.89. The van der Waals surface area contributed by atoms with E-state index in [9.17, 15) is 28.8 Å². The van der Waals surface area contributed by atoms with Gasteiger partial charge in [-0.05, 0) is 0 Å². The van der Waals surface area contributed by atoms with Gasteiger partial charge in [0, 0.05) is 0 Å². The number of esters is 6. The second-order valence-corrected chi connectivity index (χ2v) is 7.74. The van der Waals surface area contributed by atoms with Gasteiger partial charge in [-0.25, -0.2) is 0 Å². The van der Waals surface area contributed by atoms with Crippen LogP contribution in [0.2, 0.25) is 0 Å². The molecule has 0 aliphatic rings. The van der Waals surface area contributed by atoms with Crippen LogP contribution in [0.1, 0.15) is 0 Å². The quantitative estimate of drug-likeness (QED) is 0.127. The maximum atomic E-state index is 12.1. The van der Waals surface area contributed by atoms with Crippen molar-refractivity contribution in [2.24, 2.45) is 0 Å². The van der Waals surface area contributed by atoms with Crippen molar-refractivity contribution in [3.05, 3.63) is 0 Å². The molecule has 36 heavy (non-hydrogen) atoms. The Hall–Kier alpha value is -1.44. The van der Waals surface area contributed by atoms with Crippen molar-refractivity contribution in [1.82, 2.24) is 0 Å². The van der Waals surface area contributed by atoms with Gasteiger partial charge in [-0.2, -0.15) is 0 Å². The molecule has 0 spiro atoms. The second-order valence-electron chi connectivity index (χ2n) is 6.13. The van der Waals surface area contributed by atoms with E-state index in [2.05, 4.69) is 0 Å². The summed E-state index contributed by atoms with van der Waals surface area (Å²) in [6.07, 6.45) is -7.24. The molecular weight excluding hydrogens is 621 g/mol. The third kappa shape index (κ3) is 13.8. The summed E-state index contributed by atoms with van der Waals surface area (Å²) in [4.78, 5) is 71.3. The molecule has 0 aromatic rings. The Morgan fingerprint density at radius 1 is 0.417 bits per heavy atom. The lowest BCUT2D eigenvalue weighted by molar-refractivity contribution is -0.206. The third-order valence-electron chi connectivity index (χ3n) is 3.63. The van der Waals surface area contributed by atoms with Crippen LogP contribution in [0.3, 0.4) is 0 Å². The van der Waals surface area contributed by atoms with Crippen molar-refractivity contribution >= 4 is 105 Å². The second kappa shape index (κ2) is 19.6. The molecule has 4 unspecified atom stereocenters. The van der Waals surface area contributed by atoms with Crippen LogP contribution >= 0.6 is 69.6 Å². The normalized spacial score (nSPS) is 13.8. The van der Waals surface area contributed by atoms with E-state index < -0.39 is 109 Å². The average molecular weight is 641 g/mol. The van der Waals surface area contributed by atoms with Gasteiger partial charge in [0.05, 0.1) is 0 Å². The van der Waals surface area contributed by atoms with E-state index in [0.29, 0.717) is 0 Å². The number of carbonyl (C=O) groups excluding carboxylic acids is 6. The predicted molar refractivity (Wildman–Crippen MR) is 126 cm³/mol. The number of ether oxygens (including phenoxy) is 6. The average Bonchev–Trinajstić information content (AvgIpc) is 2.89.